The van der Waals surface area contributed by atoms with E-state index in [9.17, 15) is 14.7 Å². The van der Waals surface area contributed by atoms with Crippen LogP contribution in [0.3, 0.4) is 0 Å². The van der Waals surface area contributed by atoms with Gasteiger partial charge < -0.3 is 18.8 Å². The zero-order valence-corrected chi connectivity index (χ0v) is 25.8. The number of pyridine rings is 1. The Bertz CT molecular complexity index is 1370. The van der Waals surface area contributed by atoms with Gasteiger partial charge in [-0.25, -0.2) is 0 Å². The van der Waals surface area contributed by atoms with Crippen LogP contribution in [0.1, 0.15) is 85.2 Å². The minimum atomic E-state index is -2.71. The summed E-state index contributed by atoms with van der Waals surface area (Å²) < 4.78 is 18.9. The third kappa shape index (κ3) is 4.18. The fourth-order valence-corrected chi connectivity index (χ4v) is 7.70. The highest BCUT2D eigenvalue weighted by atomic mass is 28.4. The number of allylic oxidation sites excluding steroid dienone is 1. The Labute approximate surface area is 237 Å². The SMILES string of the molecule is CCCCOc1noc2c1C(=O)[C@@]1(O[Si](C)(C)C(C)(C)C)C(O)=C3C(=O)c4cccnc4C[C@H]3C[C@H]1[C@@H]2N(C)C. The topological polar surface area (TPSA) is 115 Å². The molecule has 2 heterocycles. The molecular weight excluding hydrogens is 526 g/mol. The number of aliphatic hydroxyl groups is 1. The molecule has 2 aromatic heterocycles. The number of aliphatic hydroxyl groups excluding tert-OH is 1. The van der Waals surface area contributed by atoms with Crippen LogP contribution in [-0.4, -0.2) is 66.3 Å². The van der Waals surface area contributed by atoms with Gasteiger partial charge in [0.2, 0.25) is 5.78 Å². The van der Waals surface area contributed by atoms with Crippen molar-refractivity contribution in [3.8, 4) is 5.88 Å². The molecule has 4 atom stereocenters. The van der Waals surface area contributed by atoms with Crippen molar-refractivity contribution in [2.45, 2.75) is 83.2 Å². The first-order valence-electron chi connectivity index (χ1n) is 14.2. The molecule has 0 radical (unpaired) electrons. The molecule has 0 aromatic carbocycles. The minimum absolute atomic E-state index is 0.112. The summed E-state index contributed by atoms with van der Waals surface area (Å²) in [7, 11) is 1.13. The summed E-state index contributed by atoms with van der Waals surface area (Å²) in [5.74, 6) is -1.33. The summed E-state index contributed by atoms with van der Waals surface area (Å²) in [6.45, 7) is 12.8. The van der Waals surface area contributed by atoms with Crippen LogP contribution < -0.4 is 4.74 Å². The molecule has 9 nitrogen and oxygen atoms in total. The smallest absolute Gasteiger partial charge is 0.265 e. The number of hydrogen-bond acceptors (Lipinski definition) is 9. The molecule has 1 N–H and O–H groups in total. The lowest BCUT2D eigenvalue weighted by Gasteiger charge is -2.55. The van der Waals surface area contributed by atoms with Gasteiger partial charge in [-0.05, 0) is 74.7 Å². The number of Topliss-reactive ketones (excluding diaryl/α,β-unsaturated/α-hetero) is 2. The molecule has 3 aliphatic rings. The third-order valence-corrected chi connectivity index (χ3v) is 13.8. The Kier molecular flexibility index (Phi) is 7.12. The molecule has 2 aromatic rings. The molecule has 0 spiro atoms. The number of nitrogens with zero attached hydrogens (tertiary/aromatic N) is 3. The van der Waals surface area contributed by atoms with Gasteiger partial charge in [0.15, 0.2) is 25.5 Å². The predicted octanol–water partition coefficient (Wildman–Crippen LogP) is 5.70. The van der Waals surface area contributed by atoms with Gasteiger partial charge >= 0.3 is 0 Å². The monoisotopic (exact) mass is 567 g/mol. The molecule has 5 rings (SSSR count). The van der Waals surface area contributed by atoms with Crippen molar-refractivity contribution in [3.63, 3.8) is 0 Å². The summed E-state index contributed by atoms with van der Waals surface area (Å²) in [5.41, 5.74) is -0.152. The van der Waals surface area contributed by atoms with Crippen LogP contribution in [-0.2, 0) is 10.8 Å². The van der Waals surface area contributed by atoms with E-state index in [2.05, 4.69) is 50.9 Å². The lowest BCUT2D eigenvalue weighted by atomic mass is 9.59. The van der Waals surface area contributed by atoms with Crippen molar-refractivity contribution in [2.75, 3.05) is 20.7 Å². The summed E-state index contributed by atoms with van der Waals surface area (Å²) >= 11 is 0. The molecule has 0 bridgehead atoms. The second-order valence-corrected chi connectivity index (χ2v) is 17.8. The highest BCUT2D eigenvalue weighted by Crippen LogP contribution is 2.59. The minimum Gasteiger partial charge on any atom is -0.508 e. The molecule has 0 fully saturated rings. The standard InChI is InChI=1S/C30H41N3O6Si/c1-9-10-14-37-28-22-25(38-32-28)23(33(5)6)19-15-17-16-20-18(12-11-13-31-20)24(34)21(17)26(35)30(19,27(22)36)39-40(7,8)29(2,3)4/h11-13,17,19,23,35H,9-10,14-16H2,1-8H3/t17-,19+,23+,30+/m1/s1. The fourth-order valence-electron chi connectivity index (χ4n) is 6.25. The number of hydrogen-bond donors (Lipinski definition) is 1. The van der Waals surface area contributed by atoms with E-state index in [-0.39, 0.29) is 39.5 Å². The van der Waals surface area contributed by atoms with Crippen molar-refractivity contribution < 1.29 is 28.4 Å². The summed E-state index contributed by atoms with van der Waals surface area (Å²) in [6, 6.07) is 3.01. The number of fused-ring (bicyclic) bond motifs is 4. The van der Waals surface area contributed by atoms with Gasteiger partial charge in [0.25, 0.3) is 5.88 Å². The molecule has 216 valence electrons. The zero-order valence-electron chi connectivity index (χ0n) is 24.8. The Morgan fingerprint density at radius 3 is 2.62 bits per heavy atom. The number of ether oxygens (including phenoxy) is 1. The summed E-state index contributed by atoms with van der Waals surface area (Å²) in [4.78, 5) is 35.3. The van der Waals surface area contributed by atoms with Crippen molar-refractivity contribution >= 4 is 19.9 Å². The first-order chi connectivity index (χ1) is 18.8. The number of unbranched alkanes of at least 4 members (excludes halogenated alkanes) is 1. The second-order valence-electron chi connectivity index (χ2n) is 13.1. The van der Waals surface area contributed by atoms with E-state index in [1.165, 1.54) is 0 Å². The zero-order chi connectivity index (χ0) is 29.2. The highest BCUT2D eigenvalue weighted by molar-refractivity contribution is 6.74. The number of carbonyl (C=O) groups excluding carboxylic acids is 2. The van der Waals surface area contributed by atoms with Crippen LogP contribution in [0.4, 0.5) is 0 Å². The van der Waals surface area contributed by atoms with E-state index in [4.69, 9.17) is 13.7 Å². The van der Waals surface area contributed by atoms with Crippen LogP contribution in [0, 0.1) is 11.8 Å². The van der Waals surface area contributed by atoms with E-state index in [0.717, 1.165) is 12.8 Å². The lowest BCUT2D eigenvalue weighted by Crippen LogP contribution is -2.65. The van der Waals surface area contributed by atoms with Gasteiger partial charge in [-0.2, -0.15) is 0 Å². The maximum Gasteiger partial charge on any atom is 0.265 e. The van der Waals surface area contributed by atoms with E-state index in [0.29, 0.717) is 36.5 Å². The Morgan fingerprint density at radius 2 is 1.98 bits per heavy atom. The number of aromatic nitrogens is 2. The third-order valence-electron chi connectivity index (χ3n) is 9.31. The average Bonchev–Trinajstić information content (AvgIpc) is 3.28. The molecule has 0 aliphatic heterocycles. The van der Waals surface area contributed by atoms with Crippen molar-refractivity contribution in [1.29, 1.82) is 0 Å². The molecule has 0 unspecified atom stereocenters. The second kappa shape index (κ2) is 9.92. The number of carbonyl (C=O) groups is 2. The molecule has 0 amide bonds. The van der Waals surface area contributed by atoms with E-state index in [1.807, 2.05) is 19.0 Å². The van der Waals surface area contributed by atoms with Gasteiger partial charge in [-0.1, -0.05) is 34.1 Å². The highest BCUT2D eigenvalue weighted by Gasteiger charge is 2.67. The Balaban J connectivity index is 1.78. The van der Waals surface area contributed by atoms with Crippen LogP contribution in [0.5, 0.6) is 5.88 Å². The molecular formula is C30H41N3O6Si. The average molecular weight is 568 g/mol. The van der Waals surface area contributed by atoms with Crippen LogP contribution in [0.25, 0.3) is 0 Å². The maximum absolute atomic E-state index is 14.9. The molecule has 3 aliphatic carbocycles. The fraction of sp³-hybridized carbons (Fsp3) is 0.600. The van der Waals surface area contributed by atoms with Gasteiger partial charge in [0, 0.05) is 23.3 Å². The molecule has 0 saturated heterocycles. The molecule has 40 heavy (non-hydrogen) atoms. The Morgan fingerprint density at radius 1 is 1.25 bits per heavy atom. The van der Waals surface area contributed by atoms with Gasteiger partial charge in [-0.3, -0.25) is 19.5 Å². The lowest BCUT2D eigenvalue weighted by molar-refractivity contribution is -0.0481. The quantitative estimate of drug-likeness (QED) is 0.332. The molecule has 10 heteroatoms. The summed E-state index contributed by atoms with van der Waals surface area (Å²) in [5, 5.41) is 16.2. The van der Waals surface area contributed by atoms with Gasteiger partial charge in [0.1, 0.15) is 11.3 Å². The van der Waals surface area contributed by atoms with Gasteiger partial charge in [-0.15, -0.1) is 0 Å². The Hall–Kier alpha value is -2.82. The first-order valence-corrected chi connectivity index (χ1v) is 17.1. The predicted molar refractivity (Wildman–Crippen MR) is 152 cm³/mol. The molecule has 0 saturated carbocycles. The van der Waals surface area contributed by atoms with Crippen molar-refractivity contribution in [2.24, 2.45) is 11.8 Å². The van der Waals surface area contributed by atoms with E-state index in [1.54, 1.807) is 18.3 Å². The largest absolute Gasteiger partial charge is 0.508 e. The van der Waals surface area contributed by atoms with E-state index < -0.39 is 31.7 Å². The number of ketones is 2. The van der Waals surface area contributed by atoms with Crippen LogP contribution in [0.15, 0.2) is 34.2 Å². The maximum atomic E-state index is 14.9. The van der Waals surface area contributed by atoms with Crippen molar-refractivity contribution in [3.05, 3.63) is 52.2 Å². The normalized spacial score (nSPS) is 26.4. The number of rotatable bonds is 7. The van der Waals surface area contributed by atoms with Crippen LogP contribution in [0.2, 0.25) is 18.1 Å². The van der Waals surface area contributed by atoms with Crippen molar-refractivity contribution in [1.82, 2.24) is 15.0 Å². The first kappa shape index (κ1) is 28.7. The van der Waals surface area contributed by atoms with E-state index >= 15 is 0 Å². The van der Waals surface area contributed by atoms with Gasteiger partial charge in [0.05, 0.1) is 18.3 Å². The summed E-state index contributed by atoms with van der Waals surface area (Å²) in [6.07, 6.45) is 4.33. The van der Waals surface area contributed by atoms with Crippen LogP contribution >= 0.6 is 0 Å².